The quantitative estimate of drug-likeness (QED) is 0.818. The molecule has 0 saturated carbocycles. The van der Waals surface area contributed by atoms with E-state index in [0.717, 1.165) is 37.6 Å². The van der Waals surface area contributed by atoms with E-state index in [1.807, 2.05) is 29.2 Å². The van der Waals surface area contributed by atoms with E-state index >= 15 is 0 Å². The number of nitrogens with one attached hydrogen (secondary N) is 1. The van der Waals surface area contributed by atoms with Gasteiger partial charge in [0.15, 0.2) is 0 Å². The van der Waals surface area contributed by atoms with E-state index < -0.39 is 0 Å². The number of amides is 2. The Morgan fingerprint density at radius 1 is 0.931 bits per heavy atom. The minimum atomic E-state index is -0.214. The summed E-state index contributed by atoms with van der Waals surface area (Å²) in [5, 5.41) is 2.92. The third kappa shape index (κ3) is 5.15. The molecule has 0 atom stereocenters. The fourth-order valence-electron chi connectivity index (χ4n) is 3.53. The topological polar surface area (TPSA) is 55.9 Å². The van der Waals surface area contributed by atoms with Gasteiger partial charge < -0.3 is 20.0 Å². The van der Waals surface area contributed by atoms with Crippen LogP contribution in [0.5, 0.6) is 0 Å². The number of piperazine rings is 1. The molecular weight excluding hydrogens is 364 g/mol. The van der Waals surface area contributed by atoms with Gasteiger partial charge in [-0.25, -0.2) is 0 Å². The first-order chi connectivity index (χ1) is 14.0. The van der Waals surface area contributed by atoms with Crippen LogP contribution >= 0.6 is 0 Å². The molecule has 2 aromatic carbocycles. The summed E-state index contributed by atoms with van der Waals surface area (Å²) in [6.45, 7) is 9.29. The maximum Gasteiger partial charge on any atom is 0.255 e. The van der Waals surface area contributed by atoms with Crippen molar-refractivity contribution in [3.63, 3.8) is 0 Å². The van der Waals surface area contributed by atoms with E-state index in [4.69, 9.17) is 0 Å². The number of anilines is 2. The second-order valence-electron chi connectivity index (χ2n) is 7.35. The fourth-order valence-corrected chi connectivity index (χ4v) is 3.53. The van der Waals surface area contributed by atoms with Gasteiger partial charge in [-0.3, -0.25) is 9.59 Å². The largest absolute Gasteiger partial charge is 0.372 e. The zero-order valence-corrected chi connectivity index (χ0v) is 17.5. The molecule has 0 bridgehead atoms. The van der Waals surface area contributed by atoms with Crippen molar-refractivity contribution in [3.8, 4) is 0 Å². The smallest absolute Gasteiger partial charge is 0.255 e. The molecular formula is C23H30N4O2. The summed E-state index contributed by atoms with van der Waals surface area (Å²) < 4.78 is 0. The molecule has 2 aromatic rings. The summed E-state index contributed by atoms with van der Waals surface area (Å²) in [4.78, 5) is 31.8. The summed E-state index contributed by atoms with van der Waals surface area (Å²) in [6, 6.07) is 14.8. The maximum absolute atomic E-state index is 12.8. The highest BCUT2D eigenvalue weighted by molar-refractivity contribution is 6.06. The van der Waals surface area contributed by atoms with Crippen molar-refractivity contribution in [1.29, 1.82) is 0 Å². The lowest BCUT2D eigenvalue weighted by atomic mass is 10.1. The summed E-state index contributed by atoms with van der Waals surface area (Å²) in [6.07, 6.45) is 0. The van der Waals surface area contributed by atoms with E-state index in [1.165, 1.54) is 0 Å². The van der Waals surface area contributed by atoms with Gasteiger partial charge in [-0.15, -0.1) is 0 Å². The second kappa shape index (κ2) is 9.56. The van der Waals surface area contributed by atoms with Gasteiger partial charge in [0.25, 0.3) is 11.8 Å². The Hall–Kier alpha value is -2.86. The van der Waals surface area contributed by atoms with Crippen molar-refractivity contribution >= 4 is 23.2 Å². The highest BCUT2D eigenvalue weighted by Gasteiger charge is 2.21. The number of nitrogens with zero attached hydrogens (tertiary/aromatic N) is 3. The molecule has 1 fully saturated rings. The third-order valence-electron chi connectivity index (χ3n) is 5.42. The summed E-state index contributed by atoms with van der Waals surface area (Å²) in [5.41, 5.74) is 2.91. The first kappa shape index (κ1) is 20.9. The normalized spacial score (nSPS) is 14.5. The molecule has 2 amide bonds. The van der Waals surface area contributed by atoms with Crippen LogP contribution in [0.15, 0.2) is 48.5 Å². The highest BCUT2D eigenvalue weighted by Crippen LogP contribution is 2.19. The number of likely N-dealkylation sites (N-methyl/N-ethyl adjacent to an activating group) is 1. The van der Waals surface area contributed by atoms with Gasteiger partial charge in [0.05, 0.1) is 0 Å². The van der Waals surface area contributed by atoms with Gasteiger partial charge >= 0.3 is 0 Å². The molecule has 1 aliphatic heterocycles. The lowest BCUT2D eigenvalue weighted by molar-refractivity contribution is 0.0664. The van der Waals surface area contributed by atoms with E-state index in [0.29, 0.717) is 24.2 Å². The first-order valence-corrected chi connectivity index (χ1v) is 10.3. The van der Waals surface area contributed by atoms with Crippen molar-refractivity contribution in [3.05, 3.63) is 59.7 Å². The van der Waals surface area contributed by atoms with Crippen molar-refractivity contribution in [2.45, 2.75) is 13.8 Å². The maximum atomic E-state index is 12.8. The van der Waals surface area contributed by atoms with Gasteiger partial charge in [-0.2, -0.15) is 0 Å². The van der Waals surface area contributed by atoms with Gasteiger partial charge in [-0.05, 0) is 63.4 Å². The Morgan fingerprint density at radius 3 is 2.17 bits per heavy atom. The van der Waals surface area contributed by atoms with Crippen LogP contribution in [0.3, 0.4) is 0 Å². The van der Waals surface area contributed by atoms with E-state index in [2.05, 4.69) is 36.0 Å². The number of rotatable bonds is 6. The molecule has 1 aliphatic rings. The van der Waals surface area contributed by atoms with Crippen LogP contribution in [0.2, 0.25) is 0 Å². The minimum Gasteiger partial charge on any atom is -0.372 e. The molecule has 6 heteroatoms. The second-order valence-corrected chi connectivity index (χ2v) is 7.35. The Balaban J connectivity index is 1.67. The number of benzene rings is 2. The Bertz CT molecular complexity index is 838. The Labute approximate surface area is 173 Å². The molecule has 0 aliphatic carbocycles. The molecule has 1 N–H and O–H groups in total. The lowest BCUT2D eigenvalue weighted by Gasteiger charge is -2.32. The SMILES string of the molecule is CCN(CC)c1ccc(NC(=O)c2cccc(C(=O)N3CCN(C)CC3)c2)cc1. The van der Waals surface area contributed by atoms with Crippen LogP contribution in [-0.2, 0) is 0 Å². The van der Waals surface area contributed by atoms with Crippen molar-refractivity contribution < 1.29 is 9.59 Å². The molecule has 0 unspecified atom stereocenters. The summed E-state index contributed by atoms with van der Waals surface area (Å²) in [5.74, 6) is -0.232. The van der Waals surface area contributed by atoms with Crippen LogP contribution in [-0.4, -0.2) is 67.9 Å². The first-order valence-electron chi connectivity index (χ1n) is 10.3. The average molecular weight is 395 g/mol. The zero-order chi connectivity index (χ0) is 20.8. The van der Waals surface area contributed by atoms with E-state index in [9.17, 15) is 9.59 Å². The average Bonchev–Trinajstić information content (AvgIpc) is 2.76. The third-order valence-corrected chi connectivity index (χ3v) is 5.42. The van der Waals surface area contributed by atoms with Gasteiger partial charge in [0.2, 0.25) is 0 Å². The molecule has 1 heterocycles. The molecule has 0 aromatic heterocycles. The standard InChI is InChI=1S/C23H30N4O2/c1-4-26(5-2)21-11-9-20(10-12-21)24-22(28)18-7-6-8-19(17-18)23(29)27-15-13-25(3)14-16-27/h6-12,17H,4-5,13-16H2,1-3H3,(H,24,28). The van der Waals surface area contributed by atoms with Crippen LogP contribution in [0.1, 0.15) is 34.6 Å². The Morgan fingerprint density at radius 2 is 1.55 bits per heavy atom. The van der Waals surface area contributed by atoms with Crippen molar-refractivity contribution in [2.24, 2.45) is 0 Å². The Kier molecular flexibility index (Phi) is 6.88. The molecule has 3 rings (SSSR count). The fraction of sp³-hybridized carbons (Fsp3) is 0.391. The van der Waals surface area contributed by atoms with Gasteiger partial charge in [0.1, 0.15) is 0 Å². The van der Waals surface area contributed by atoms with Crippen molar-refractivity contribution in [1.82, 2.24) is 9.80 Å². The monoisotopic (exact) mass is 394 g/mol. The van der Waals surface area contributed by atoms with E-state index in [1.54, 1.807) is 24.3 Å². The summed E-state index contributed by atoms with van der Waals surface area (Å²) >= 11 is 0. The number of carbonyl (C=O) groups is 2. The predicted molar refractivity (Wildman–Crippen MR) is 118 cm³/mol. The zero-order valence-electron chi connectivity index (χ0n) is 17.5. The van der Waals surface area contributed by atoms with Crippen LogP contribution < -0.4 is 10.2 Å². The number of hydrogen-bond acceptors (Lipinski definition) is 4. The lowest BCUT2D eigenvalue weighted by Crippen LogP contribution is -2.47. The van der Waals surface area contributed by atoms with Crippen LogP contribution in [0.4, 0.5) is 11.4 Å². The van der Waals surface area contributed by atoms with Crippen LogP contribution in [0.25, 0.3) is 0 Å². The highest BCUT2D eigenvalue weighted by atomic mass is 16.2. The van der Waals surface area contributed by atoms with E-state index in [-0.39, 0.29) is 11.8 Å². The van der Waals surface area contributed by atoms with Crippen LogP contribution in [0, 0.1) is 0 Å². The number of carbonyl (C=O) groups excluding carboxylic acids is 2. The van der Waals surface area contributed by atoms with Crippen molar-refractivity contribution in [2.75, 3.05) is 56.5 Å². The molecule has 1 saturated heterocycles. The summed E-state index contributed by atoms with van der Waals surface area (Å²) in [7, 11) is 2.06. The molecule has 0 radical (unpaired) electrons. The molecule has 29 heavy (non-hydrogen) atoms. The van der Waals surface area contributed by atoms with Gasteiger partial charge in [0, 0.05) is 61.8 Å². The molecule has 6 nitrogen and oxygen atoms in total. The molecule has 154 valence electrons. The number of hydrogen-bond donors (Lipinski definition) is 1. The predicted octanol–water partition coefficient (Wildman–Crippen LogP) is 3.17. The molecule has 0 spiro atoms. The minimum absolute atomic E-state index is 0.0173. The van der Waals surface area contributed by atoms with Gasteiger partial charge in [-0.1, -0.05) is 6.07 Å².